The number of carbonyl (C=O) groups is 1. The van der Waals surface area contributed by atoms with Gasteiger partial charge < -0.3 is 9.47 Å². The van der Waals surface area contributed by atoms with E-state index in [-0.39, 0.29) is 17.6 Å². The van der Waals surface area contributed by atoms with Crippen molar-refractivity contribution in [3.63, 3.8) is 0 Å². The molecule has 3 aliphatic rings. The fourth-order valence-electron chi connectivity index (χ4n) is 3.05. The minimum Gasteiger partial charge on any atom is -0.347 e. The average Bonchev–Trinajstić information content (AvgIpc) is 2.80. The van der Waals surface area contributed by atoms with Gasteiger partial charge in [0.15, 0.2) is 11.6 Å². The van der Waals surface area contributed by atoms with Crippen LogP contribution in [0.3, 0.4) is 0 Å². The second kappa shape index (κ2) is 2.67. The minimum atomic E-state index is -0.447. The summed E-state index contributed by atoms with van der Waals surface area (Å²) < 4.78 is 11.4. The fraction of sp³-hybridized carbons (Fsp3) is 0.727. The number of hydrogen-bond donors (Lipinski definition) is 0. The Morgan fingerprint density at radius 1 is 1.43 bits per heavy atom. The molecule has 2 unspecified atom stereocenters. The summed E-state index contributed by atoms with van der Waals surface area (Å²) in [4.78, 5) is 11.5. The molecule has 0 aromatic carbocycles. The highest BCUT2D eigenvalue weighted by Crippen LogP contribution is 2.51. The van der Waals surface area contributed by atoms with Crippen LogP contribution in [0, 0.1) is 11.8 Å². The molecule has 0 N–H and O–H groups in total. The molecule has 0 amide bonds. The van der Waals surface area contributed by atoms with Crippen LogP contribution < -0.4 is 0 Å². The zero-order valence-corrected chi connectivity index (χ0v) is 8.29. The smallest absolute Gasteiger partial charge is 0.175 e. The highest BCUT2D eigenvalue weighted by Gasteiger charge is 2.55. The van der Waals surface area contributed by atoms with Crippen LogP contribution >= 0.6 is 0 Å². The number of hydrogen-bond acceptors (Lipinski definition) is 3. The molecule has 2 atom stereocenters. The highest BCUT2D eigenvalue weighted by molar-refractivity contribution is 5.95. The first-order valence-electron chi connectivity index (χ1n) is 5.25. The number of ketones is 1. The van der Waals surface area contributed by atoms with E-state index in [1.54, 1.807) is 6.08 Å². The lowest BCUT2D eigenvalue weighted by atomic mass is 9.89. The SMILES string of the molecule is CC1C(=O)C=C2CCC3(OCCO3)C21. The van der Waals surface area contributed by atoms with Crippen molar-refractivity contribution in [2.45, 2.75) is 25.6 Å². The molecule has 1 heterocycles. The van der Waals surface area contributed by atoms with Crippen LogP contribution in [0.1, 0.15) is 19.8 Å². The maximum Gasteiger partial charge on any atom is 0.175 e. The zero-order chi connectivity index (χ0) is 9.76. The molecular weight excluding hydrogens is 180 g/mol. The normalized spacial score (nSPS) is 39.2. The van der Waals surface area contributed by atoms with Crippen LogP contribution in [-0.4, -0.2) is 24.8 Å². The van der Waals surface area contributed by atoms with Crippen molar-refractivity contribution in [1.82, 2.24) is 0 Å². The zero-order valence-electron chi connectivity index (χ0n) is 8.29. The molecule has 0 bridgehead atoms. The Labute approximate surface area is 83.1 Å². The van der Waals surface area contributed by atoms with Gasteiger partial charge in [0.2, 0.25) is 0 Å². The Morgan fingerprint density at radius 3 is 2.86 bits per heavy atom. The van der Waals surface area contributed by atoms with Crippen LogP contribution in [0.4, 0.5) is 0 Å². The molecule has 0 aromatic heterocycles. The van der Waals surface area contributed by atoms with Crippen molar-refractivity contribution >= 4 is 5.78 Å². The molecular formula is C11H14O3. The summed E-state index contributed by atoms with van der Waals surface area (Å²) >= 11 is 0. The third kappa shape index (κ3) is 0.916. The molecule has 1 saturated carbocycles. The van der Waals surface area contributed by atoms with Crippen LogP contribution in [-0.2, 0) is 14.3 Å². The molecule has 3 nitrogen and oxygen atoms in total. The molecule has 76 valence electrons. The Hall–Kier alpha value is -0.670. The molecule has 2 fully saturated rings. The van der Waals surface area contributed by atoms with Crippen LogP contribution in [0.15, 0.2) is 11.6 Å². The molecule has 1 spiro atoms. The molecule has 1 aliphatic heterocycles. The van der Waals surface area contributed by atoms with Crippen molar-refractivity contribution in [2.24, 2.45) is 11.8 Å². The fourth-order valence-corrected chi connectivity index (χ4v) is 3.05. The molecule has 3 heteroatoms. The lowest BCUT2D eigenvalue weighted by Crippen LogP contribution is -2.38. The van der Waals surface area contributed by atoms with Crippen LogP contribution in [0.25, 0.3) is 0 Å². The number of fused-ring (bicyclic) bond motifs is 2. The van der Waals surface area contributed by atoms with Crippen molar-refractivity contribution in [3.05, 3.63) is 11.6 Å². The quantitative estimate of drug-likeness (QED) is 0.582. The van der Waals surface area contributed by atoms with E-state index in [0.29, 0.717) is 13.2 Å². The molecule has 1 saturated heterocycles. The lowest BCUT2D eigenvalue weighted by Gasteiger charge is -2.30. The summed E-state index contributed by atoms with van der Waals surface area (Å²) in [7, 11) is 0. The summed E-state index contributed by atoms with van der Waals surface area (Å²) in [5, 5.41) is 0. The van der Waals surface area contributed by atoms with Crippen molar-refractivity contribution in [1.29, 1.82) is 0 Å². The molecule has 0 aromatic rings. The van der Waals surface area contributed by atoms with Gasteiger partial charge in [0, 0.05) is 18.3 Å². The van der Waals surface area contributed by atoms with Gasteiger partial charge in [-0.05, 0) is 12.5 Å². The molecule has 0 radical (unpaired) electrons. The Bertz CT molecular complexity index is 312. The monoisotopic (exact) mass is 194 g/mol. The van der Waals surface area contributed by atoms with Gasteiger partial charge in [0.05, 0.1) is 13.2 Å². The first kappa shape index (κ1) is 8.62. The first-order valence-corrected chi connectivity index (χ1v) is 5.25. The van der Waals surface area contributed by atoms with Gasteiger partial charge in [-0.3, -0.25) is 4.79 Å². The predicted octanol–water partition coefficient (Wildman–Crippen LogP) is 1.28. The van der Waals surface area contributed by atoms with Gasteiger partial charge >= 0.3 is 0 Å². The average molecular weight is 194 g/mol. The Morgan fingerprint density at radius 2 is 2.14 bits per heavy atom. The third-order valence-corrected chi connectivity index (χ3v) is 3.69. The third-order valence-electron chi connectivity index (χ3n) is 3.69. The van der Waals surface area contributed by atoms with Gasteiger partial charge in [-0.1, -0.05) is 12.5 Å². The topological polar surface area (TPSA) is 35.5 Å². The van der Waals surface area contributed by atoms with E-state index < -0.39 is 5.79 Å². The van der Waals surface area contributed by atoms with E-state index in [0.717, 1.165) is 12.8 Å². The second-order valence-electron chi connectivity index (χ2n) is 4.40. The first-order chi connectivity index (χ1) is 6.73. The minimum absolute atomic E-state index is 0.0469. The standard InChI is InChI=1S/C11H14O3/c1-7-9(12)6-8-2-3-11(10(7)8)13-4-5-14-11/h6-7,10H,2-5H2,1H3. The summed E-state index contributed by atoms with van der Waals surface area (Å²) in [5.41, 5.74) is 1.24. The van der Waals surface area contributed by atoms with Gasteiger partial charge in [-0.25, -0.2) is 0 Å². The molecule has 2 aliphatic carbocycles. The van der Waals surface area contributed by atoms with Gasteiger partial charge in [0.25, 0.3) is 0 Å². The maximum absolute atomic E-state index is 11.5. The van der Waals surface area contributed by atoms with Crippen LogP contribution in [0.2, 0.25) is 0 Å². The van der Waals surface area contributed by atoms with E-state index in [2.05, 4.69) is 0 Å². The number of ether oxygens (including phenoxy) is 2. The van der Waals surface area contributed by atoms with E-state index in [9.17, 15) is 4.79 Å². The van der Waals surface area contributed by atoms with Crippen LogP contribution in [0.5, 0.6) is 0 Å². The van der Waals surface area contributed by atoms with E-state index >= 15 is 0 Å². The Kier molecular flexibility index (Phi) is 1.65. The van der Waals surface area contributed by atoms with Gasteiger partial charge in [0.1, 0.15) is 0 Å². The van der Waals surface area contributed by atoms with Gasteiger partial charge in [-0.15, -0.1) is 0 Å². The largest absolute Gasteiger partial charge is 0.347 e. The number of allylic oxidation sites excluding steroid dienone is 1. The van der Waals surface area contributed by atoms with Crippen molar-refractivity contribution < 1.29 is 14.3 Å². The maximum atomic E-state index is 11.5. The lowest BCUT2D eigenvalue weighted by molar-refractivity contribution is -0.185. The number of carbonyl (C=O) groups excluding carboxylic acids is 1. The van der Waals surface area contributed by atoms with E-state index in [1.807, 2.05) is 6.92 Å². The molecule has 14 heavy (non-hydrogen) atoms. The second-order valence-corrected chi connectivity index (χ2v) is 4.40. The Balaban J connectivity index is 1.98. The molecule has 3 rings (SSSR count). The van der Waals surface area contributed by atoms with Crippen molar-refractivity contribution in [2.75, 3.05) is 13.2 Å². The van der Waals surface area contributed by atoms with Gasteiger partial charge in [-0.2, -0.15) is 0 Å². The van der Waals surface area contributed by atoms with E-state index in [4.69, 9.17) is 9.47 Å². The summed E-state index contributed by atoms with van der Waals surface area (Å²) in [6.07, 6.45) is 3.68. The summed E-state index contributed by atoms with van der Waals surface area (Å²) in [5.74, 6) is 0.0310. The summed E-state index contributed by atoms with van der Waals surface area (Å²) in [6, 6.07) is 0. The van der Waals surface area contributed by atoms with E-state index in [1.165, 1.54) is 5.57 Å². The summed E-state index contributed by atoms with van der Waals surface area (Å²) in [6.45, 7) is 3.32. The predicted molar refractivity (Wildman–Crippen MR) is 49.6 cm³/mol. The highest BCUT2D eigenvalue weighted by atomic mass is 16.7. The number of rotatable bonds is 0. The van der Waals surface area contributed by atoms with Crippen molar-refractivity contribution in [3.8, 4) is 0 Å².